The number of hydrogen-bond acceptors (Lipinski definition) is 3. The van der Waals surface area contributed by atoms with E-state index in [9.17, 15) is 4.79 Å². The molecule has 0 N–H and O–H groups in total. The van der Waals surface area contributed by atoms with Crippen LogP contribution in [0.4, 0.5) is 0 Å². The van der Waals surface area contributed by atoms with Gasteiger partial charge in [-0.15, -0.1) is 0 Å². The van der Waals surface area contributed by atoms with Crippen LogP contribution in [0, 0.1) is 0 Å². The molecule has 0 bridgehead atoms. The first-order valence-electron chi connectivity index (χ1n) is 6.80. The number of amides is 1. The average molecular weight is 273 g/mol. The molecule has 1 aromatic carbocycles. The molecule has 2 aromatic rings. The molecule has 0 atom stereocenters. The minimum absolute atomic E-state index is 0.0824. The van der Waals surface area contributed by atoms with Gasteiger partial charge in [-0.1, -0.05) is 18.2 Å². The van der Waals surface area contributed by atoms with E-state index in [4.69, 9.17) is 9.15 Å². The monoisotopic (exact) mass is 273 g/mol. The molecule has 0 spiro atoms. The van der Waals surface area contributed by atoms with Crippen molar-refractivity contribution in [2.75, 3.05) is 13.1 Å². The van der Waals surface area contributed by atoms with E-state index >= 15 is 0 Å². The van der Waals surface area contributed by atoms with E-state index in [-0.39, 0.29) is 5.91 Å². The summed E-state index contributed by atoms with van der Waals surface area (Å²) in [5.41, 5.74) is 0. The molecule has 0 saturated carbocycles. The number of para-hydroxylation sites is 1. The summed E-state index contributed by atoms with van der Waals surface area (Å²) in [7, 11) is 0. The molecule has 4 nitrogen and oxygen atoms in total. The van der Waals surface area contributed by atoms with Gasteiger partial charge in [0.1, 0.15) is 18.1 Å². The number of hydrogen-bond donors (Lipinski definition) is 0. The van der Waals surface area contributed by atoms with Gasteiger partial charge in [-0.25, -0.2) is 0 Å². The number of ether oxygens (including phenoxy) is 1. The average Bonchev–Trinajstić information content (AvgIpc) is 2.96. The van der Waals surface area contributed by atoms with Gasteiger partial charge in [0.2, 0.25) is 0 Å². The van der Waals surface area contributed by atoms with Gasteiger partial charge in [-0.05, 0) is 38.1 Å². The van der Waals surface area contributed by atoms with Crippen LogP contribution in [0.25, 0.3) is 0 Å². The van der Waals surface area contributed by atoms with Crippen LogP contribution in [-0.4, -0.2) is 23.9 Å². The molecule has 20 heavy (non-hydrogen) atoms. The van der Waals surface area contributed by atoms with Crippen LogP contribution in [-0.2, 0) is 6.61 Å². The highest BCUT2D eigenvalue weighted by Gasteiger charge is 2.16. The number of furan rings is 1. The fourth-order valence-electron chi connectivity index (χ4n) is 1.91. The lowest BCUT2D eigenvalue weighted by Crippen LogP contribution is -2.30. The molecule has 0 aliphatic rings. The van der Waals surface area contributed by atoms with Crippen molar-refractivity contribution in [1.29, 1.82) is 0 Å². The molecule has 0 saturated heterocycles. The molecule has 0 aliphatic heterocycles. The van der Waals surface area contributed by atoms with Crippen molar-refractivity contribution in [3.05, 3.63) is 54.0 Å². The van der Waals surface area contributed by atoms with Crippen LogP contribution in [0.1, 0.15) is 30.2 Å². The largest absolute Gasteiger partial charge is 0.486 e. The summed E-state index contributed by atoms with van der Waals surface area (Å²) in [6, 6.07) is 13.0. The third-order valence-electron chi connectivity index (χ3n) is 3.05. The SMILES string of the molecule is CCN(CC)C(=O)c1ccc(COc2ccccc2)o1. The van der Waals surface area contributed by atoms with Crippen molar-refractivity contribution in [1.82, 2.24) is 4.90 Å². The van der Waals surface area contributed by atoms with E-state index in [0.29, 0.717) is 31.2 Å². The molecule has 1 heterocycles. The molecule has 0 aliphatic carbocycles. The van der Waals surface area contributed by atoms with Crippen LogP contribution in [0.3, 0.4) is 0 Å². The first-order valence-corrected chi connectivity index (χ1v) is 6.80. The number of carbonyl (C=O) groups is 1. The van der Waals surface area contributed by atoms with Crippen molar-refractivity contribution in [2.45, 2.75) is 20.5 Å². The maximum Gasteiger partial charge on any atom is 0.289 e. The molecular weight excluding hydrogens is 254 g/mol. The van der Waals surface area contributed by atoms with E-state index in [1.54, 1.807) is 17.0 Å². The second-order valence-electron chi connectivity index (χ2n) is 4.35. The Bertz CT molecular complexity index is 544. The Labute approximate surface area is 119 Å². The van der Waals surface area contributed by atoms with E-state index in [1.807, 2.05) is 44.2 Å². The Morgan fingerprint density at radius 2 is 1.80 bits per heavy atom. The maximum absolute atomic E-state index is 12.1. The van der Waals surface area contributed by atoms with Gasteiger partial charge in [-0.2, -0.15) is 0 Å². The second kappa shape index (κ2) is 6.80. The van der Waals surface area contributed by atoms with Gasteiger partial charge in [0.05, 0.1) is 0 Å². The lowest BCUT2D eigenvalue weighted by atomic mass is 10.3. The van der Waals surface area contributed by atoms with Gasteiger partial charge in [0.15, 0.2) is 5.76 Å². The minimum atomic E-state index is -0.0824. The predicted octanol–water partition coefficient (Wildman–Crippen LogP) is 3.34. The van der Waals surface area contributed by atoms with Gasteiger partial charge < -0.3 is 14.1 Å². The fourth-order valence-corrected chi connectivity index (χ4v) is 1.91. The van der Waals surface area contributed by atoms with E-state index in [2.05, 4.69) is 0 Å². The highest BCUT2D eigenvalue weighted by atomic mass is 16.5. The Morgan fingerprint density at radius 1 is 1.10 bits per heavy atom. The normalized spacial score (nSPS) is 10.3. The van der Waals surface area contributed by atoms with Crippen LogP contribution in [0.15, 0.2) is 46.9 Å². The molecule has 2 rings (SSSR count). The Morgan fingerprint density at radius 3 is 2.45 bits per heavy atom. The molecule has 106 valence electrons. The molecule has 1 amide bonds. The number of nitrogens with zero attached hydrogens (tertiary/aromatic N) is 1. The zero-order valence-corrected chi connectivity index (χ0v) is 11.8. The maximum atomic E-state index is 12.1. The van der Waals surface area contributed by atoms with Crippen LogP contribution >= 0.6 is 0 Å². The molecule has 1 aromatic heterocycles. The molecule has 0 radical (unpaired) electrons. The lowest BCUT2D eigenvalue weighted by Gasteiger charge is -2.16. The smallest absolute Gasteiger partial charge is 0.289 e. The van der Waals surface area contributed by atoms with Crippen molar-refractivity contribution in [3.8, 4) is 5.75 Å². The summed E-state index contributed by atoms with van der Waals surface area (Å²) < 4.78 is 11.1. The van der Waals surface area contributed by atoms with E-state index < -0.39 is 0 Å². The fraction of sp³-hybridized carbons (Fsp3) is 0.312. The minimum Gasteiger partial charge on any atom is -0.486 e. The Kier molecular flexibility index (Phi) is 4.82. The van der Waals surface area contributed by atoms with E-state index in [1.165, 1.54) is 0 Å². The van der Waals surface area contributed by atoms with Gasteiger partial charge in [-0.3, -0.25) is 4.79 Å². The quantitative estimate of drug-likeness (QED) is 0.810. The summed E-state index contributed by atoms with van der Waals surface area (Å²) >= 11 is 0. The standard InChI is InChI=1S/C16H19NO3/c1-3-17(4-2)16(18)15-11-10-14(20-15)12-19-13-8-6-5-7-9-13/h5-11H,3-4,12H2,1-2H3. The summed E-state index contributed by atoms with van der Waals surface area (Å²) in [4.78, 5) is 13.8. The number of carbonyl (C=O) groups excluding carboxylic acids is 1. The molecule has 0 unspecified atom stereocenters. The summed E-state index contributed by atoms with van der Waals surface area (Å²) in [5.74, 6) is 1.70. The number of benzene rings is 1. The van der Waals surface area contributed by atoms with Crippen LogP contribution in [0.2, 0.25) is 0 Å². The third-order valence-corrected chi connectivity index (χ3v) is 3.05. The van der Waals surface area contributed by atoms with Gasteiger partial charge in [0.25, 0.3) is 5.91 Å². The summed E-state index contributed by atoms with van der Waals surface area (Å²) in [6.45, 7) is 5.56. The second-order valence-corrected chi connectivity index (χ2v) is 4.35. The van der Waals surface area contributed by atoms with Gasteiger partial charge >= 0.3 is 0 Å². The Balaban J connectivity index is 1.97. The summed E-state index contributed by atoms with van der Waals surface area (Å²) in [6.07, 6.45) is 0. The third kappa shape index (κ3) is 3.41. The zero-order valence-electron chi connectivity index (χ0n) is 11.8. The Hall–Kier alpha value is -2.23. The first-order chi connectivity index (χ1) is 9.74. The topological polar surface area (TPSA) is 42.7 Å². The molecular formula is C16H19NO3. The lowest BCUT2D eigenvalue weighted by molar-refractivity contribution is 0.0737. The number of rotatable bonds is 6. The van der Waals surface area contributed by atoms with Crippen LogP contribution in [0.5, 0.6) is 5.75 Å². The van der Waals surface area contributed by atoms with Crippen LogP contribution < -0.4 is 4.74 Å². The molecule has 4 heteroatoms. The van der Waals surface area contributed by atoms with Crippen molar-refractivity contribution < 1.29 is 13.9 Å². The van der Waals surface area contributed by atoms with Crippen molar-refractivity contribution >= 4 is 5.91 Å². The van der Waals surface area contributed by atoms with Crippen molar-refractivity contribution in [2.24, 2.45) is 0 Å². The van der Waals surface area contributed by atoms with Crippen molar-refractivity contribution in [3.63, 3.8) is 0 Å². The zero-order chi connectivity index (χ0) is 14.4. The van der Waals surface area contributed by atoms with E-state index in [0.717, 1.165) is 5.75 Å². The van der Waals surface area contributed by atoms with Gasteiger partial charge in [0, 0.05) is 13.1 Å². The highest BCUT2D eigenvalue weighted by molar-refractivity contribution is 5.91. The highest BCUT2D eigenvalue weighted by Crippen LogP contribution is 2.15. The summed E-state index contributed by atoms with van der Waals surface area (Å²) in [5, 5.41) is 0. The first kappa shape index (κ1) is 14.2. The molecule has 0 fully saturated rings. The predicted molar refractivity (Wildman–Crippen MR) is 76.7 cm³/mol.